The molecule has 1 rings (SSSR count). The largest absolute Gasteiger partial charge is 0.463 e. The van der Waals surface area contributed by atoms with Crippen molar-refractivity contribution >= 4 is 17.8 Å². The van der Waals surface area contributed by atoms with Gasteiger partial charge in [-0.3, -0.25) is 9.59 Å². The average Bonchev–Trinajstić information content (AvgIpc) is 2.55. The monoisotopic (exact) mass is 241 g/mol. The van der Waals surface area contributed by atoms with E-state index in [2.05, 4.69) is 11.9 Å². The summed E-state index contributed by atoms with van der Waals surface area (Å²) in [7, 11) is 0. The van der Waals surface area contributed by atoms with Gasteiger partial charge in [0.05, 0.1) is 6.61 Å². The van der Waals surface area contributed by atoms with Gasteiger partial charge in [0.15, 0.2) is 0 Å². The molecule has 1 heterocycles. The molecule has 94 valence electrons. The number of cyclic esters (lactones) is 1. The molecule has 0 bridgehead atoms. The van der Waals surface area contributed by atoms with Crippen molar-refractivity contribution in [2.45, 2.75) is 25.9 Å². The number of carbonyl (C=O) groups is 3. The first kappa shape index (κ1) is 13.2. The fraction of sp³-hybridized carbons (Fsp3) is 0.545. The second-order valence-electron chi connectivity index (χ2n) is 4.05. The molecular weight excluding hydrogens is 226 g/mol. The number of hydrogen-bond donors (Lipinski definition) is 1. The highest BCUT2D eigenvalue weighted by Crippen LogP contribution is 2.23. The summed E-state index contributed by atoms with van der Waals surface area (Å²) in [5.74, 6) is -1.67. The number of hydrogen-bond acceptors (Lipinski definition) is 5. The first-order valence-electron chi connectivity index (χ1n) is 5.18. The van der Waals surface area contributed by atoms with Gasteiger partial charge in [0, 0.05) is 12.0 Å². The van der Waals surface area contributed by atoms with Crippen molar-refractivity contribution in [3.8, 4) is 0 Å². The lowest BCUT2D eigenvalue weighted by atomic mass is 10.1. The Morgan fingerprint density at radius 2 is 2.24 bits per heavy atom. The lowest BCUT2D eigenvalue weighted by Crippen LogP contribution is -2.40. The van der Waals surface area contributed by atoms with Crippen LogP contribution in [0.25, 0.3) is 0 Å². The lowest BCUT2D eigenvalue weighted by Gasteiger charge is -2.19. The molecular formula is C11H15NO5. The predicted octanol–water partition coefficient (Wildman–Crippen LogP) is -0.0725. The number of carbonyl (C=O) groups excluding carboxylic acids is 3. The molecule has 0 aliphatic carbocycles. The van der Waals surface area contributed by atoms with Crippen LogP contribution in [0.4, 0.5) is 0 Å². The van der Waals surface area contributed by atoms with Crippen molar-refractivity contribution in [2.24, 2.45) is 0 Å². The van der Waals surface area contributed by atoms with Gasteiger partial charge in [-0.2, -0.15) is 0 Å². The summed E-state index contributed by atoms with van der Waals surface area (Å²) in [6, 6.07) is 0. The zero-order chi connectivity index (χ0) is 13.1. The Morgan fingerprint density at radius 3 is 2.71 bits per heavy atom. The van der Waals surface area contributed by atoms with Crippen LogP contribution in [0, 0.1) is 0 Å². The van der Waals surface area contributed by atoms with Gasteiger partial charge >= 0.3 is 11.9 Å². The smallest absolute Gasteiger partial charge is 0.350 e. The van der Waals surface area contributed by atoms with E-state index >= 15 is 0 Å². The van der Waals surface area contributed by atoms with E-state index in [4.69, 9.17) is 9.47 Å². The third-order valence-corrected chi connectivity index (χ3v) is 2.36. The number of esters is 2. The van der Waals surface area contributed by atoms with E-state index in [0.717, 1.165) is 0 Å². The zero-order valence-corrected chi connectivity index (χ0v) is 9.87. The van der Waals surface area contributed by atoms with Crippen LogP contribution in [0.3, 0.4) is 0 Å². The quantitative estimate of drug-likeness (QED) is 0.550. The van der Waals surface area contributed by atoms with Crippen LogP contribution in [0.2, 0.25) is 0 Å². The summed E-state index contributed by atoms with van der Waals surface area (Å²) in [6.45, 7) is 6.37. The molecule has 0 spiro atoms. The van der Waals surface area contributed by atoms with Crippen LogP contribution in [0.5, 0.6) is 0 Å². The van der Waals surface area contributed by atoms with Crippen molar-refractivity contribution in [1.29, 1.82) is 0 Å². The molecule has 0 saturated carbocycles. The molecule has 1 saturated heterocycles. The fourth-order valence-electron chi connectivity index (χ4n) is 1.28. The minimum atomic E-state index is -1.23. The Balaban J connectivity index is 2.42. The van der Waals surface area contributed by atoms with E-state index in [1.54, 1.807) is 0 Å². The highest BCUT2D eigenvalue weighted by Gasteiger charge is 2.43. The first-order chi connectivity index (χ1) is 7.85. The summed E-state index contributed by atoms with van der Waals surface area (Å²) < 4.78 is 9.70. The normalized spacial score (nSPS) is 22.8. The Kier molecular flexibility index (Phi) is 3.88. The summed E-state index contributed by atoms with van der Waals surface area (Å²) >= 11 is 0. The van der Waals surface area contributed by atoms with E-state index in [1.807, 2.05) is 0 Å². The summed E-state index contributed by atoms with van der Waals surface area (Å²) in [5, 5.41) is 2.32. The Labute approximate surface area is 99.0 Å². The van der Waals surface area contributed by atoms with Crippen LogP contribution in [-0.4, -0.2) is 36.6 Å². The van der Waals surface area contributed by atoms with E-state index in [1.165, 1.54) is 13.8 Å². The molecule has 1 amide bonds. The van der Waals surface area contributed by atoms with Gasteiger partial charge in [0.25, 0.3) is 0 Å². The maximum absolute atomic E-state index is 11.4. The summed E-state index contributed by atoms with van der Waals surface area (Å²) in [6.07, 6.45) is 0.325. The Morgan fingerprint density at radius 1 is 1.59 bits per heavy atom. The van der Waals surface area contributed by atoms with Crippen LogP contribution in [-0.2, 0) is 23.9 Å². The summed E-state index contributed by atoms with van der Waals surface area (Å²) in [4.78, 5) is 33.8. The second kappa shape index (κ2) is 4.99. The molecule has 1 N–H and O–H groups in total. The number of nitrogens with one attached hydrogen (secondary N) is 1. The van der Waals surface area contributed by atoms with E-state index < -0.39 is 23.4 Å². The molecule has 0 radical (unpaired) electrons. The van der Waals surface area contributed by atoms with Crippen molar-refractivity contribution in [1.82, 2.24) is 5.32 Å². The molecule has 0 aromatic heterocycles. The SMILES string of the molecule is C=C(C)C(=O)NCC(=O)OC1(C)CCOC1=O. The molecule has 1 atom stereocenters. The zero-order valence-electron chi connectivity index (χ0n) is 9.87. The Hall–Kier alpha value is -1.85. The third-order valence-electron chi connectivity index (χ3n) is 2.36. The summed E-state index contributed by atoms with van der Waals surface area (Å²) in [5.41, 5.74) is -0.935. The molecule has 6 heteroatoms. The highest BCUT2D eigenvalue weighted by molar-refractivity contribution is 5.94. The maximum Gasteiger partial charge on any atom is 0.350 e. The molecule has 1 aliphatic rings. The molecule has 1 unspecified atom stereocenters. The topological polar surface area (TPSA) is 81.7 Å². The molecule has 17 heavy (non-hydrogen) atoms. The number of amides is 1. The van der Waals surface area contributed by atoms with E-state index in [0.29, 0.717) is 12.0 Å². The van der Waals surface area contributed by atoms with Gasteiger partial charge < -0.3 is 14.8 Å². The highest BCUT2D eigenvalue weighted by atomic mass is 16.6. The lowest BCUT2D eigenvalue weighted by molar-refractivity contribution is -0.170. The van der Waals surface area contributed by atoms with Crippen molar-refractivity contribution < 1.29 is 23.9 Å². The van der Waals surface area contributed by atoms with Gasteiger partial charge in [-0.1, -0.05) is 6.58 Å². The van der Waals surface area contributed by atoms with Gasteiger partial charge in [-0.25, -0.2) is 4.79 Å². The molecule has 1 aliphatic heterocycles. The molecule has 0 aromatic rings. The van der Waals surface area contributed by atoms with Crippen LogP contribution in [0.15, 0.2) is 12.2 Å². The van der Waals surface area contributed by atoms with Gasteiger partial charge in [-0.15, -0.1) is 0 Å². The van der Waals surface area contributed by atoms with Crippen LogP contribution >= 0.6 is 0 Å². The van der Waals surface area contributed by atoms with E-state index in [9.17, 15) is 14.4 Å². The van der Waals surface area contributed by atoms with Crippen molar-refractivity contribution in [3.05, 3.63) is 12.2 Å². The van der Waals surface area contributed by atoms with Crippen LogP contribution < -0.4 is 5.32 Å². The van der Waals surface area contributed by atoms with Crippen molar-refractivity contribution in [3.63, 3.8) is 0 Å². The van der Waals surface area contributed by atoms with Crippen LogP contribution in [0.1, 0.15) is 20.3 Å². The molecule has 1 fully saturated rings. The minimum absolute atomic E-state index is 0.237. The second-order valence-corrected chi connectivity index (χ2v) is 4.05. The minimum Gasteiger partial charge on any atom is -0.463 e. The predicted molar refractivity (Wildman–Crippen MR) is 57.9 cm³/mol. The third kappa shape index (κ3) is 3.30. The molecule has 0 aromatic carbocycles. The number of ether oxygens (including phenoxy) is 2. The maximum atomic E-state index is 11.4. The van der Waals surface area contributed by atoms with E-state index in [-0.39, 0.29) is 13.2 Å². The van der Waals surface area contributed by atoms with Gasteiger partial charge in [0.1, 0.15) is 6.54 Å². The average molecular weight is 241 g/mol. The Bertz CT molecular complexity index is 376. The van der Waals surface area contributed by atoms with Crippen molar-refractivity contribution in [2.75, 3.05) is 13.2 Å². The molecule has 6 nitrogen and oxygen atoms in total. The standard InChI is InChI=1S/C11H15NO5/c1-7(2)9(14)12-6-8(13)17-11(3)4-5-16-10(11)15/h1,4-6H2,2-3H3,(H,12,14). The number of rotatable bonds is 4. The van der Waals surface area contributed by atoms with Gasteiger partial charge in [-0.05, 0) is 13.8 Å². The fourth-order valence-corrected chi connectivity index (χ4v) is 1.28. The first-order valence-corrected chi connectivity index (χ1v) is 5.18. The van der Waals surface area contributed by atoms with Gasteiger partial charge in [0.2, 0.25) is 11.5 Å².